The molecule has 2 N–H and O–H groups in total. The molecule has 2 aromatic carbocycles. The van der Waals surface area contributed by atoms with Gasteiger partial charge in [0.1, 0.15) is 0 Å². The van der Waals surface area contributed by atoms with Crippen molar-refractivity contribution in [1.29, 1.82) is 0 Å². The fourth-order valence-electron chi connectivity index (χ4n) is 5.56. The maximum Gasteiger partial charge on any atom is 0.214 e. The van der Waals surface area contributed by atoms with Crippen LogP contribution in [0.25, 0.3) is 22.5 Å². The van der Waals surface area contributed by atoms with E-state index in [9.17, 15) is 21.2 Å². The van der Waals surface area contributed by atoms with Crippen LogP contribution >= 0.6 is 0 Å². The highest BCUT2D eigenvalue weighted by molar-refractivity contribution is 7.90. The molecule has 6 rings (SSSR count). The van der Waals surface area contributed by atoms with Gasteiger partial charge in [-0.05, 0) is 112 Å². The molecular formula is C34H39FN4O4S2. The zero-order valence-electron chi connectivity index (χ0n) is 25.9. The highest BCUT2D eigenvalue weighted by atomic mass is 32.2. The third-order valence-corrected chi connectivity index (χ3v) is 12.0. The van der Waals surface area contributed by atoms with Gasteiger partial charge in [0.05, 0.1) is 21.9 Å². The molecule has 4 aromatic rings. The molecule has 8 nitrogen and oxygen atoms in total. The van der Waals surface area contributed by atoms with Crippen molar-refractivity contribution < 1.29 is 21.2 Å². The second-order valence-electron chi connectivity index (χ2n) is 12.2. The standard InChI is InChI=1S/C17H19FN2O2S.C17H20N2O2S/c1-11(2)23(21,22)20-15-9-12-6-7-13(8-14(12)10-15)16-4-3-5-17(18)19-16;1-12(2)22(20,21)19-16-10-13-6-7-14(9-15(13)11-16)17-5-3-4-8-18-17/h3-8,11,15,20H,9-10H2,1-2H3;3-9,12,16,19H,10-11H2,1-2H3. The molecule has 238 valence electrons. The monoisotopic (exact) mass is 650 g/mol. The van der Waals surface area contributed by atoms with E-state index in [0.717, 1.165) is 40.8 Å². The first-order chi connectivity index (χ1) is 21.3. The van der Waals surface area contributed by atoms with Crippen LogP contribution in [-0.4, -0.2) is 49.4 Å². The van der Waals surface area contributed by atoms with Crippen LogP contribution in [-0.2, 0) is 45.7 Å². The van der Waals surface area contributed by atoms with Crippen molar-refractivity contribution in [3.8, 4) is 22.5 Å². The summed E-state index contributed by atoms with van der Waals surface area (Å²) < 4.78 is 66.9. The van der Waals surface area contributed by atoms with E-state index in [1.807, 2.05) is 36.4 Å². The summed E-state index contributed by atoms with van der Waals surface area (Å²) in [6.45, 7) is 6.73. The quantitative estimate of drug-likeness (QED) is 0.253. The van der Waals surface area contributed by atoms with Crippen molar-refractivity contribution >= 4 is 20.0 Å². The lowest BCUT2D eigenvalue weighted by molar-refractivity contribution is 0.546. The molecule has 2 unspecified atom stereocenters. The molecule has 2 aromatic heterocycles. The van der Waals surface area contributed by atoms with Crippen LogP contribution in [0, 0.1) is 5.95 Å². The summed E-state index contributed by atoms with van der Waals surface area (Å²) in [6.07, 6.45) is 4.59. The number of nitrogens with one attached hydrogen (secondary N) is 2. The Labute approximate surface area is 265 Å². The molecule has 2 aliphatic rings. The highest BCUT2D eigenvalue weighted by Crippen LogP contribution is 2.29. The average molecular weight is 651 g/mol. The molecule has 0 saturated heterocycles. The van der Waals surface area contributed by atoms with Crippen LogP contribution in [0.2, 0.25) is 0 Å². The second kappa shape index (κ2) is 13.5. The maximum atomic E-state index is 13.3. The van der Waals surface area contributed by atoms with Gasteiger partial charge in [0.15, 0.2) is 0 Å². The van der Waals surface area contributed by atoms with Gasteiger partial charge < -0.3 is 0 Å². The van der Waals surface area contributed by atoms with E-state index in [1.165, 1.54) is 17.2 Å². The summed E-state index contributed by atoms with van der Waals surface area (Å²) in [6, 6.07) is 22.5. The van der Waals surface area contributed by atoms with Gasteiger partial charge in [-0.15, -0.1) is 0 Å². The van der Waals surface area contributed by atoms with E-state index in [-0.39, 0.29) is 12.1 Å². The largest absolute Gasteiger partial charge is 0.256 e. The average Bonchev–Trinajstić information content (AvgIpc) is 3.58. The van der Waals surface area contributed by atoms with E-state index in [2.05, 4.69) is 37.6 Å². The lowest BCUT2D eigenvalue weighted by Crippen LogP contribution is -2.39. The van der Waals surface area contributed by atoms with Gasteiger partial charge in [0.2, 0.25) is 26.0 Å². The first kappa shape index (κ1) is 32.9. The van der Waals surface area contributed by atoms with Crippen LogP contribution < -0.4 is 9.44 Å². The van der Waals surface area contributed by atoms with Gasteiger partial charge in [0.25, 0.3) is 0 Å². The molecular weight excluding hydrogens is 612 g/mol. The number of sulfonamides is 2. The van der Waals surface area contributed by atoms with Crippen molar-refractivity contribution in [1.82, 2.24) is 19.4 Å². The Bertz CT molecular complexity index is 1880. The number of nitrogens with zero attached hydrogens (tertiary/aromatic N) is 2. The van der Waals surface area contributed by atoms with Crippen molar-refractivity contribution in [2.75, 3.05) is 0 Å². The van der Waals surface area contributed by atoms with E-state index in [0.29, 0.717) is 18.5 Å². The normalized spacial score (nSPS) is 17.6. The van der Waals surface area contributed by atoms with Crippen molar-refractivity contribution in [2.24, 2.45) is 0 Å². The third-order valence-electron chi connectivity index (χ3n) is 8.15. The molecule has 0 spiro atoms. The van der Waals surface area contributed by atoms with E-state index < -0.39 is 36.5 Å². The summed E-state index contributed by atoms with van der Waals surface area (Å²) in [7, 11) is -6.50. The highest BCUT2D eigenvalue weighted by Gasteiger charge is 2.28. The topological polar surface area (TPSA) is 118 Å². The Balaban J connectivity index is 0.000000178. The van der Waals surface area contributed by atoms with Crippen LogP contribution in [0.4, 0.5) is 4.39 Å². The molecule has 2 atom stereocenters. The summed E-state index contributed by atoms with van der Waals surface area (Å²) >= 11 is 0. The first-order valence-electron chi connectivity index (χ1n) is 15.1. The van der Waals surface area contributed by atoms with Gasteiger partial charge in [-0.25, -0.2) is 31.3 Å². The van der Waals surface area contributed by atoms with E-state index >= 15 is 0 Å². The van der Waals surface area contributed by atoms with Crippen molar-refractivity contribution in [2.45, 2.75) is 76.0 Å². The molecule has 0 bridgehead atoms. The number of benzene rings is 2. The third kappa shape index (κ3) is 8.02. The predicted octanol–water partition coefficient (Wildman–Crippen LogP) is 5.23. The maximum absolute atomic E-state index is 13.3. The van der Waals surface area contributed by atoms with Gasteiger partial charge in [0, 0.05) is 29.4 Å². The zero-order chi connectivity index (χ0) is 32.4. The molecule has 0 saturated carbocycles. The SMILES string of the molecule is CC(C)S(=O)(=O)NC1Cc2ccc(-c3cccc(F)n3)cc2C1.CC(C)S(=O)(=O)NC1Cc2ccc(-c3ccccn3)cc2C1. The van der Waals surface area contributed by atoms with Crippen molar-refractivity contribution in [3.05, 3.63) is 107 Å². The fraction of sp³-hybridized carbons (Fsp3) is 0.353. The summed E-state index contributed by atoms with van der Waals surface area (Å²) in [5, 5.41) is -0.849. The molecule has 11 heteroatoms. The minimum absolute atomic E-state index is 0.0404. The fourth-order valence-corrected chi connectivity index (χ4v) is 7.37. The molecule has 45 heavy (non-hydrogen) atoms. The first-order valence-corrected chi connectivity index (χ1v) is 18.2. The Morgan fingerprint density at radius 3 is 1.60 bits per heavy atom. The van der Waals surface area contributed by atoms with Gasteiger partial charge in [-0.1, -0.05) is 36.4 Å². The van der Waals surface area contributed by atoms with Crippen LogP contribution in [0.15, 0.2) is 79.0 Å². The molecule has 2 aliphatic carbocycles. The van der Waals surface area contributed by atoms with E-state index in [4.69, 9.17) is 0 Å². The molecule has 0 aliphatic heterocycles. The lowest BCUT2D eigenvalue weighted by atomic mass is 10.0. The Kier molecular flexibility index (Phi) is 9.83. The zero-order valence-corrected chi connectivity index (χ0v) is 27.5. The number of fused-ring (bicyclic) bond motifs is 2. The van der Waals surface area contributed by atoms with Crippen LogP contribution in [0.1, 0.15) is 49.9 Å². The number of hydrogen-bond donors (Lipinski definition) is 2. The van der Waals surface area contributed by atoms with E-state index in [1.54, 1.807) is 46.0 Å². The molecule has 0 amide bonds. The molecule has 0 fully saturated rings. The number of rotatable bonds is 8. The smallest absolute Gasteiger partial charge is 0.214 e. The van der Waals surface area contributed by atoms with Crippen LogP contribution in [0.3, 0.4) is 0 Å². The minimum atomic E-state index is -3.28. The Morgan fingerprint density at radius 2 is 1.13 bits per heavy atom. The summed E-state index contributed by atoms with van der Waals surface area (Å²) in [5.74, 6) is -0.509. The minimum Gasteiger partial charge on any atom is -0.256 e. The number of pyridine rings is 2. The summed E-state index contributed by atoms with van der Waals surface area (Å²) in [4.78, 5) is 8.26. The number of halogens is 1. The van der Waals surface area contributed by atoms with Gasteiger partial charge >= 0.3 is 0 Å². The van der Waals surface area contributed by atoms with Gasteiger partial charge in [-0.3, -0.25) is 4.98 Å². The van der Waals surface area contributed by atoms with Crippen molar-refractivity contribution in [3.63, 3.8) is 0 Å². The Hall–Kier alpha value is -3.51. The molecule has 0 radical (unpaired) electrons. The van der Waals surface area contributed by atoms with Gasteiger partial charge in [-0.2, -0.15) is 4.39 Å². The number of aromatic nitrogens is 2. The lowest BCUT2D eigenvalue weighted by Gasteiger charge is -2.14. The summed E-state index contributed by atoms with van der Waals surface area (Å²) in [5.41, 5.74) is 8.08. The second-order valence-corrected chi connectivity index (χ2v) is 16.7. The molecule has 2 heterocycles. The predicted molar refractivity (Wildman–Crippen MR) is 176 cm³/mol. The van der Waals surface area contributed by atoms with Crippen LogP contribution in [0.5, 0.6) is 0 Å². The number of hydrogen-bond acceptors (Lipinski definition) is 6. The Morgan fingerprint density at radius 1 is 0.644 bits per heavy atom.